The van der Waals surface area contributed by atoms with Gasteiger partial charge < -0.3 is 14.8 Å². The maximum absolute atomic E-state index is 14.4. The molecule has 128 valence electrons. The molecule has 1 aromatic heterocycles. The Kier molecular flexibility index (Phi) is 3.87. The van der Waals surface area contributed by atoms with Crippen molar-refractivity contribution in [3.63, 3.8) is 0 Å². The summed E-state index contributed by atoms with van der Waals surface area (Å²) in [6.07, 6.45) is 0. The minimum atomic E-state index is -0.301. The lowest BCUT2D eigenvalue weighted by atomic mass is 10.1. The number of carbonyl (C=O) groups excluding carboxylic acids is 1. The van der Waals surface area contributed by atoms with E-state index in [1.54, 1.807) is 13.0 Å². The molecule has 2 aromatic carbocycles. The molecule has 3 aromatic rings. The summed E-state index contributed by atoms with van der Waals surface area (Å²) in [5.41, 5.74) is 3.11. The van der Waals surface area contributed by atoms with Gasteiger partial charge in [-0.1, -0.05) is 12.1 Å². The van der Waals surface area contributed by atoms with Crippen LogP contribution in [0, 0.1) is 5.82 Å². The number of amides is 1. The molecule has 1 saturated heterocycles. The van der Waals surface area contributed by atoms with Gasteiger partial charge in [0.25, 0.3) is 0 Å². The van der Waals surface area contributed by atoms with Gasteiger partial charge in [-0.3, -0.25) is 4.79 Å². The number of aromatic amines is 1. The molecule has 1 fully saturated rings. The summed E-state index contributed by atoms with van der Waals surface area (Å²) < 4.78 is 14.4. The van der Waals surface area contributed by atoms with E-state index in [9.17, 15) is 9.18 Å². The van der Waals surface area contributed by atoms with Crippen LogP contribution in [0.5, 0.6) is 0 Å². The molecular weight excluding hydrogens is 319 g/mol. The average Bonchev–Trinajstić information content (AvgIpc) is 3.06. The molecule has 0 unspecified atom stereocenters. The van der Waals surface area contributed by atoms with Gasteiger partial charge in [-0.15, -0.1) is 0 Å². The molecule has 0 bridgehead atoms. The fraction of sp³-hybridized carbons (Fsp3) is 0.263. The van der Waals surface area contributed by atoms with Gasteiger partial charge in [0.05, 0.1) is 16.6 Å². The van der Waals surface area contributed by atoms with E-state index < -0.39 is 0 Å². The number of aromatic nitrogens is 2. The van der Waals surface area contributed by atoms with Crippen molar-refractivity contribution in [1.29, 1.82) is 0 Å². The Bertz CT molecular complexity index is 895. The van der Waals surface area contributed by atoms with Crippen molar-refractivity contribution in [1.82, 2.24) is 14.9 Å². The number of halogens is 1. The maximum atomic E-state index is 14.4. The number of fused-ring (bicyclic) bond motifs is 1. The Labute approximate surface area is 145 Å². The number of hydrogen-bond acceptors (Lipinski definition) is 3. The van der Waals surface area contributed by atoms with E-state index in [2.05, 4.69) is 14.9 Å². The fourth-order valence-corrected chi connectivity index (χ4v) is 3.25. The molecule has 2 heterocycles. The number of para-hydroxylation sites is 2. The molecule has 0 spiro atoms. The van der Waals surface area contributed by atoms with Gasteiger partial charge in [-0.2, -0.15) is 0 Å². The van der Waals surface area contributed by atoms with Crippen molar-refractivity contribution in [2.45, 2.75) is 6.92 Å². The Balaban J connectivity index is 1.64. The van der Waals surface area contributed by atoms with Crippen LogP contribution in [0.1, 0.15) is 6.92 Å². The lowest BCUT2D eigenvalue weighted by molar-refractivity contribution is -0.129. The highest BCUT2D eigenvalue weighted by Gasteiger charge is 2.20. The summed E-state index contributed by atoms with van der Waals surface area (Å²) >= 11 is 0. The summed E-state index contributed by atoms with van der Waals surface area (Å²) in [4.78, 5) is 23.1. The number of nitrogens with one attached hydrogen (secondary N) is 1. The van der Waals surface area contributed by atoms with Gasteiger partial charge >= 0.3 is 0 Å². The second-order valence-corrected chi connectivity index (χ2v) is 6.26. The molecule has 0 saturated carbocycles. The topological polar surface area (TPSA) is 52.2 Å². The van der Waals surface area contributed by atoms with Crippen LogP contribution < -0.4 is 4.90 Å². The van der Waals surface area contributed by atoms with Crippen LogP contribution in [-0.2, 0) is 4.79 Å². The van der Waals surface area contributed by atoms with E-state index in [1.165, 1.54) is 6.07 Å². The summed E-state index contributed by atoms with van der Waals surface area (Å²) in [6.45, 7) is 4.45. The lowest BCUT2D eigenvalue weighted by Crippen LogP contribution is -2.48. The predicted molar refractivity (Wildman–Crippen MR) is 96.0 cm³/mol. The number of imidazole rings is 1. The Morgan fingerprint density at radius 1 is 1.12 bits per heavy atom. The summed E-state index contributed by atoms with van der Waals surface area (Å²) in [5.74, 6) is 0.329. The molecule has 4 rings (SSSR count). The SMILES string of the molecule is CC(=O)N1CCN(c2ccc(F)c(-c3nc4ccccc4[nH]3)c2)CC1. The van der Waals surface area contributed by atoms with Gasteiger partial charge in [0, 0.05) is 38.8 Å². The van der Waals surface area contributed by atoms with E-state index in [1.807, 2.05) is 35.2 Å². The van der Waals surface area contributed by atoms with Crippen molar-refractivity contribution < 1.29 is 9.18 Å². The van der Waals surface area contributed by atoms with Crippen LogP contribution >= 0.6 is 0 Å². The minimum Gasteiger partial charge on any atom is -0.368 e. The first kappa shape index (κ1) is 15.6. The number of rotatable bonds is 2. The molecule has 1 aliphatic heterocycles. The second kappa shape index (κ2) is 6.20. The number of carbonyl (C=O) groups is 1. The number of piperazine rings is 1. The van der Waals surface area contributed by atoms with E-state index >= 15 is 0 Å². The van der Waals surface area contributed by atoms with Crippen LogP contribution in [0.15, 0.2) is 42.5 Å². The third kappa shape index (κ3) is 2.95. The van der Waals surface area contributed by atoms with Crippen LogP contribution in [0.2, 0.25) is 0 Å². The van der Waals surface area contributed by atoms with Crippen LogP contribution in [0.4, 0.5) is 10.1 Å². The largest absolute Gasteiger partial charge is 0.368 e. The molecule has 25 heavy (non-hydrogen) atoms. The zero-order chi connectivity index (χ0) is 17.4. The Morgan fingerprint density at radius 3 is 2.60 bits per heavy atom. The van der Waals surface area contributed by atoms with Crippen molar-refractivity contribution in [2.75, 3.05) is 31.1 Å². The van der Waals surface area contributed by atoms with Crippen LogP contribution in [0.25, 0.3) is 22.4 Å². The highest BCUT2D eigenvalue weighted by molar-refractivity contribution is 5.80. The lowest BCUT2D eigenvalue weighted by Gasteiger charge is -2.35. The predicted octanol–water partition coefficient (Wildman–Crippen LogP) is 3.04. The molecule has 0 radical (unpaired) electrons. The molecule has 0 atom stereocenters. The molecular formula is C19H19FN4O. The second-order valence-electron chi connectivity index (χ2n) is 6.26. The van der Waals surface area contributed by atoms with E-state index in [-0.39, 0.29) is 11.7 Å². The first-order valence-electron chi connectivity index (χ1n) is 8.37. The molecule has 0 aliphatic carbocycles. The monoisotopic (exact) mass is 338 g/mol. The number of hydrogen-bond donors (Lipinski definition) is 1. The third-order valence-electron chi connectivity index (χ3n) is 4.68. The van der Waals surface area contributed by atoms with Crippen molar-refractivity contribution in [3.05, 3.63) is 48.3 Å². The van der Waals surface area contributed by atoms with E-state index in [4.69, 9.17) is 0 Å². The van der Waals surface area contributed by atoms with Gasteiger partial charge in [-0.05, 0) is 30.3 Å². The Hall–Kier alpha value is -2.89. The average molecular weight is 338 g/mol. The molecule has 1 N–H and O–H groups in total. The van der Waals surface area contributed by atoms with E-state index in [0.717, 1.165) is 29.8 Å². The zero-order valence-electron chi connectivity index (χ0n) is 14.0. The first-order chi connectivity index (χ1) is 12.1. The minimum absolute atomic E-state index is 0.0988. The maximum Gasteiger partial charge on any atom is 0.219 e. The number of H-pyrrole nitrogens is 1. The molecule has 1 amide bonds. The van der Waals surface area contributed by atoms with Gasteiger partial charge in [0.15, 0.2) is 0 Å². The van der Waals surface area contributed by atoms with Crippen LogP contribution in [0.3, 0.4) is 0 Å². The van der Waals surface area contributed by atoms with Crippen molar-refractivity contribution in [2.24, 2.45) is 0 Å². The standard InChI is InChI=1S/C19H19FN4O/c1-13(25)23-8-10-24(11-9-23)14-6-7-16(20)15(12-14)19-21-17-4-2-3-5-18(17)22-19/h2-7,12H,8-11H2,1H3,(H,21,22). The summed E-state index contributed by atoms with van der Waals surface area (Å²) in [5, 5.41) is 0. The van der Waals surface area contributed by atoms with Crippen molar-refractivity contribution in [3.8, 4) is 11.4 Å². The van der Waals surface area contributed by atoms with Gasteiger partial charge in [0.1, 0.15) is 11.6 Å². The fourth-order valence-electron chi connectivity index (χ4n) is 3.25. The number of anilines is 1. The number of nitrogens with zero attached hydrogens (tertiary/aromatic N) is 3. The molecule has 1 aliphatic rings. The molecule has 6 heteroatoms. The number of benzene rings is 2. The smallest absolute Gasteiger partial charge is 0.219 e. The Morgan fingerprint density at radius 2 is 1.88 bits per heavy atom. The summed E-state index contributed by atoms with van der Waals surface area (Å²) in [7, 11) is 0. The quantitative estimate of drug-likeness (QED) is 0.781. The first-order valence-corrected chi connectivity index (χ1v) is 8.37. The van der Waals surface area contributed by atoms with Gasteiger partial charge in [0.2, 0.25) is 5.91 Å². The zero-order valence-corrected chi connectivity index (χ0v) is 14.0. The van der Waals surface area contributed by atoms with E-state index in [0.29, 0.717) is 24.5 Å². The molecule has 5 nitrogen and oxygen atoms in total. The van der Waals surface area contributed by atoms with Crippen molar-refractivity contribution >= 4 is 22.6 Å². The highest BCUT2D eigenvalue weighted by Crippen LogP contribution is 2.28. The highest BCUT2D eigenvalue weighted by atomic mass is 19.1. The normalized spacial score (nSPS) is 15.0. The third-order valence-corrected chi connectivity index (χ3v) is 4.68. The van der Waals surface area contributed by atoms with Gasteiger partial charge in [-0.25, -0.2) is 9.37 Å². The summed E-state index contributed by atoms with van der Waals surface area (Å²) in [6, 6.07) is 12.8. The van der Waals surface area contributed by atoms with Crippen LogP contribution in [-0.4, -0.2) is 47.0 Å².